The third-order valence-electron chi connectivity index (χ3n) is 6.13. The van der Waals surface area contributed by atoms with E-state index in [-0.39, 0.29) is 22.2 Å². The SMILES string of the molecule is CSc1nccc(-c2ccn([C@H](CO[Si](C)(C)C(C)(C)C)c3ccc(F)c(Cl)c3)c(=O)c2)n1. The molecule has 0 aliphatic carbocycles. The first-order valence-corrected chi connectivity index (χ1v) is 15.1. The second kappa shape index (κ2) is 10.1. The van der Waals surface area contributed by atoms with Crippen LogP contribution in [0.15, 0.2) is 58.7 Å². The first-order chi connectivity index (χ1) is 15.4. The van der Waals surface area contributed by atoms with Gasteiger partial charge in [0, 0.05) is 24.0 Å². The molecule has 9 heteroatoms. The van der Waals surface area contributed by atoms with Crippen LogP contribution in [0.1, 0.15) is 32.4 Å². The quantitative estimate of drug-likeness (QED) is 0.210. The van der Waals surface area contributed by atoms with E-state index in [2.05, 4.69) is 43.8 Å². The van der Waals surface area contributed by atoms with Gasteiger partial charge in [0.1, 0.15) is 5.82 Å². The van der Waals surface area contributed by atoms with Crippen LogP contribution < -0.4 is 5.56 Å². The van der Waals surface area contributed by atoms with E-state index >= 15 is 0 Å². The second-order valence-electron chi connectivity index (χ2n) is 9.35. The van der Waals surface area contributed by atoms with Crippen LogP contribution >= 0.6 is 23.4 Å². The van der Waals surface area contributed by atoms with Crippen molar-refractivity contribution in [2.75, 3.05) is 12.9 Å². The van der Waals surface area contributed by atoms with Gasteiger partial charge in [0.05, 0.1) is 23.4 Å². The fraction of sp³-hybridized carbons (Fsp3) is 0.375. The number of aromatic nitrogens is 3. The molecule has 0 aliphatic heterocycles. The van der Waals surface area contributed by atoms with Gasteiger partial charge in [-0.3, -0.25) is 4.79 Å². The summed E-state index contributed by atoms with van der Waals surface area (Å²) in [5.41, 5.74) is 1.88. The summed E-state index contributed by atoms with van der Waals surface area (Å²) in [6.45, 7) is 11.1. The van der Waals surface area contributed by atoms with E-state index in [9.17, 15) is 9.18 Å². The summed E-state index contributed by atoms with van der Waals surface area (Å²) in [5.74, 6) is -0.500. The lowest BCUT2D eigenvalue weighted by Crippen LogP contribution is -2.43. The zero-order chi connectivity index (χ0) is 24.4. The Morgan fingerprint density at radius 1 is 1.21 bits per heavy atom. The van der Waals surface area contributed by atoms with E-state index in [1.807, 2.05) is 12.3 Å². The number of rotatable bonds is 7. The molecule has 0 fully saturated rings. The van der Waals surface area contributed by atoms with Crippen LogP contribution in [0.25, 0.3) is 11.3 Å². The standard InChI is InChI=1S/C24H29ClFN3O2SSi/c1-24(2,3)33(5,6)31-15-21(17-7-8-19(26)18(25)13-17)29-12-10-16(14-22(29)30)20-9-11-27-23(28-20)32-4/h7-14,21H,15H2,1-6H3/t21-/m1/s1. The summed E-state index contributed by atoms with van der Waals surface area (Å²) < 4.78 is 21.9. The van der Waals surface area contributed by atoms with Crippen molar-refractivity contribution in [1.29, 1.82) is 0 Å². The van der Waals surface area contributed by atoms with Gasteiger partial charge in [-0.1, -0.05) is 50.2 Å². The number of hydrogen-bond donors (Lipinski definition) is 0. The van der Waals surface area contributed by atoms with Crippen LogP contribution in [-0.2, 0) is 4.43 Å². The molecule has 0 saturated carbocycles. The summed E-state index contributed by atoms with van der Waals surface area (Å²) in [4.78, 5) is 21.9. The molecule has 3 rings (SSSR count). The van der Waals surface area contributed by atoms with Crippen LogP contribution in [0, 0.1) is 5.82 Å². The van der Waals surface area contributed by atoms with Gasteiger partial charge in [0.15, 0.2) is 13.5 Å². The minimum atomic E-state index is -2.09. The Labute approximate surface area is 204 Å². The Morgan fingerprint density at radius 3 is 2.55 bits per heavy atom. The molecule has 0 amide bonds. The van der Waals surface area contributed by atoms with Crippen molar-refractivity contribution in [3.8, 4) is 11.3 Å². The van der Waals surface area contributed by atoms with Gasteiger partial charge >= 0.3 is 0 Å². The third-order valence-corrected chi connectivity index (χ3v) is 11.5. The van der Waals surface area contributed by atoms with Gasteiger partial charge in [0.2, 0.25) is 0 Å². The zero-order valence-electron chi connectivity index (χ0n) is 19.7. The van der Waals surface area contributed by atoms with Crippen molar-refractivity contribution < 1.29 is 8.82 Å². The van der Waals surface area contributed by atoms with Gasteiger partial charge in [0.25, 0.3) is 5.56 Å². The molecule has 33 heavy (non-hydrogen) atoms. The largest absolute Gasteiger partial charge is 0.414 e. The molecule has 0 radical (unpaired) electrons. The average Bonchev–Trinajstić information content (AvgIpc) is 2.76. The van der Waals surface area contributed by atoms with E-state index in [1.54, 1.807) is 41.2 Å². The van der Waals surface area contributed by atoms with Crippen molar-refractivity contribution in [1.82, 2.24) is 14.5 Å². The Morgan fingerprint density at radius 2 is 1.94 bits per heavy atom. The summed E-state index contributed by atoms with van der Waals surface area (Å²) in [5, 5.41) is 0.660. The molecule has 0 unspecified atom stereocenters. The number of nitrogens with zero attached hydrogens (tertiary/aromatic N) is 3. The molecule has 2 aromatic heterocycles. The van der Waals surface area contributed by atoms with Crippen LogP contribution in [-0.4, -0.2) is 35.7 Å². The lowest BCUT2D eigenvalue weighted by Gasteiger charge is -2.37. The molecule has 3 aromatic rings. The van der Waals surface area contributed by atoms with E-state index in [1.165, 1.54) is 17.8 Å². The predicted octanol–water partition coefficient (Wildman–Crippen LogP) is 6.43. The van der Waals surface area contributed by atoms with Crippen molar-refractivity contribution >= 4 is 31.7 Å². The Balaban J connectivity index is 2.02. The molecule has 0 saturated heterocycles. The minimum absolute atomic E-state index is 0.00875. The highest BCUT2D eigenvalue weighted by molar-refractivity contribution is 7.98. The van der Waals surface area contributed by atoms with E-state index in [4.69, 9.17) is 16.0 Å². The number of benzene rings is 1. The van der Waals surface area contributed by atoms with E-state index in [0.717, 1.165) is 0 Å². The molecule has 1 atom stereocenters. The van der Waals surface area contributed by atoms with Gasteiger partial charge < -0.3 is 8.99 Å². The monoisotopic (exact) mass is 505 g/mol. The maximum absolute atomic E-state index is 13.8. The number of thioether (sulfide) groups is 1. The Bertz CT molecular complexity index is 1200. The van der Waals surface area contributed by atoms with Crippen LogP contribution in [0.5, 0.6) is 0 Å². The maximum Gasteiger partial charge on any atom is 0.251 e. The smallest absolute Gasteiger partial charge is 0.251 e. The van der Waals surface area contributed by atoms with Crippen molar-refractivity contribution in [2.24, 2.45) is 0 Å². The van der Waals surface area contributed by atoms with Crippen molar-refractivity contribution in [2.45, 2.75) is 50.1 Å². The van der Waals surface area contributed by atoms with Crippen molar-refractivity contribution in [3.63, 3.8) is 0 Å². The first kappa shape index (κ1) is 25.6. The highest BCUT2D eigenvalue weighted by Crippen LogP contribution is 2.37. The van der Waals surface area contributed by atoms with Crippen LogP contribution in [0.3, 0.4) is 0 Å². The van der Waals surface area contributed by atoms with Gasteiger partial charge in [-0.05, 0) is 54.2 Å². The predicted molar refractivity (Wildman–Crippen MR) is 136 cm³/mol. The molecule has 0 N–H and O–H groups in total. The summed E-state index contributed by atoms with van der Waals surface area (Å²) in [7, 11) is -2.09. The fourth-order valence-electron chi connectivity index (χ4n) is 3.07. The van der Waals surface area contributed by atoms with Crippen LogP contribution in [0.2, 0.25) is 23.2 Å². The molecule has 0 aliphatic rings. The molecule has 0 bridgehead atoms. The second-order valence-corrected chi connectivity index (χ2v) is 15.3. The Kier molecular flexibility index (Phi) is 7.83. The third kappa shape index (κ3) is 5.92. The molecule has 0 spiro atoms. The zero-order valence-corrected chi connectivity index (χ0v) is 22.3. The Hall–Kier alpha value is -2.00. The van der Waals surface area contributed by atoms with Gasteiger partial charge in [-0.2, -0.15) is 0 Å². The van der Waals surface area contributed by atoms with Crippen LogP contribution in [0.4, 0.5) is 4.39 Å². The molecule has 2 heterocycles. The van der Waals surface area contributed by atoms with Crippen molar-refractivity contribution in [3.05, 3.63) is 75.5 Å². The summed E-state index contributed by atoms with van der Waals surface area (Å²) >= 11 is 7.51. The topological polar surface area (TPSA) is 57.0 Å². The summed E-state index contributed by atoms with van der Waals surface area (Å²) in [6.07, 6.45) is 5.31. The molecule has 176 valence electrons. The van der Waals surface area contributed by atoms with Gasteiger partial charge in [-0.25, -0.2) is 14.4 Å². The first-order valence-electron chi connectivity index (χ1n) is 10.6. The summed E-state index contributed by atoms with van der Waals surface area (Å²) in [6, 6.07) is 9.25. The number of hydrogen-bond acceptors (Lipinski definition) is 5. The molecular formula is C24H29ClFN3O2SSi. The molecule has 1 aromatic carbocycles. The number of halogens is 2. The van der Waals surface area contributed by atoms with E-state index < -0.39 is 20.2 Å². The maximum atomic E-state index is 13.8. The highest BCUT2D eigenvalue weighted by Gasteiger charge is 2.38. The van der Waals surface area contributed by atoms with Gasteiger partial charge in [-0.15, -0.1) is 0 Å². The lowest BCUT2D eigenvalue weighted by molar-refractivity contribution is 0.246. The molecular weight excluding hydrogens is 477 g/mol. The normalized spacial score (nSPS) is 13.2. The number of pyridine rings is 1. The highest BCUT2D eigenvalue weighted by atomic mass is 35.5. The van der Waals surface area contributed by atoms with E-state index in [0.29, 0.717) is 22.0 Å². The fourth-order valence-corrected chi connectivity index (χ4v) is 4.62. The minimum Gasteiger partial charge on any atom is -0.414 e. The molecule has 5 nitrogen and oxygen atoms in total. The average molecular weight is 506 g/mol. The lowest BCUT2D eigenvalue weighted by atomic mass is 10.1.